The van der Waals surface area contributed by atoms with Gasteiger partial charge in [-0.1, -0.05) is 81.9 Å². The Hall–Kier alpha value is -1.43. The molecule has 0 fully saturated rings. The molecule has 0 radical (unpaired) electrons. The predicted octanol–water partition coefficient (Wildman–Crippen LogP) is 5.06. The van der Waals surface area contributed by atoms with Crippen LogP contribution in [0.1, 0.15) is 37.6 Å². The minimum Gasteiger partial charge on any atom is -0.207 e. The lowest BCUT2D eigenvalue weighted by Gasteiger charge is -2.43. The minimum absolute atomic E-state index is 0.0449. The number of aryl methyl sites for hydroxylation is 1. The van der Waals surface area contributed by atoms with E-state index >= 15 is 0 Å². The number of hydrogen-bond acceptors (Lipinski definition) is 2. The Bertz CT molecular complexity index is 807. The zero-order chi connectivity index (χ0) is 18.9. The fraction of sp³-hybridized carbons (Fsp3) is 0.400. The molecule has 2 aromatic carbocycles. The van der Waals surface area contributed by atoms with E-state index in [0.29, 0.717) is 4.90 Å². The highest BCUT2D eigenvalue weighted by Gasteiger charge is 2.44. The second kappa shape index (κ2) is 7.06. The number of benzene rings is 2. The summed E-state index contributed by atoms with van der Waals surface area (Å²) < 4.78 is 29.1. The third-order valence-corrected chi connectivity index (χ3v) is 12.8. The molecule has 2 aromatic rings. The van der Waals surface area contributed by atoms with Gasteiger partial charge in [0.1, 0.15) is 0 Å². The summed E-state index contributed by atoms with van der Waals surface area (Å²) in [6, 6.07) is 16.9. The molecule has 2 rings (SSSR count). The first kappa shape index (κ1) is 19.9. The van der Waals surface area contributed by atoms with E-state index in [1.807, 2.05) is 49.4 Å². The summed E-state index contributed by atoms with van der Waals surface area (Å²) in [5.41, 5.74) is 1.88. The first-order chi connectivity index (χ1) is 11.4. The quantitative estimate of drug-likeness (QED) is 0.742. The summed E-state index contributed by atoms with van der Waals surface area (Å²) in [7, 11) is -5.60. The summed E-state index contributed by atoms with van der Waals surface area (Å²) in [5, 5.41) is 0.0449. The van der Waals surface area contributed by atoms with E-state index in [1.54, 1.807) is 12.1 Å². The molecule has 0 aromatic heterocycles. The molecule has 5 heteroatoms. The van der Waals surface area contributed by atoms with Crippen LogP contribution in [0, 0.1) is 6.92 Å². The average Bonchev–Trinajstić information content (AvgIpc) is 2.53. The van der Waals surface area contributed by atoms with Crippen molar-refractivity contribution in [3.63, 3.8) is 0 Å². The van der Waals surface area contributed by atoms with Crippen molar-refractivity contribution in [3.05, 3.63) is 65.7 Å². The molecule has 0 saturated heterocycles. The van der Waals surface area contributed by atoms with Gasteiger partial charge in [0.2, 0.25) is 10.0 Å². The van der Waals surface area contributed by atoms with Crippen molar-refractivity contribution < 1.29 is 8.42 Å². The number of sulfonamides is 1. The maximum absolute atomic E-state index is 13.0. The zero-order valence-corrected chi connectivity index (χ0v) is 17.8. The number of nitrogens with one attached hydrogen (secondary N) is 1. The maximum Gasteiger partial charge on any atom is 0.240 e. The highest BCUT2D eigenvalue weighted by atomic mass is 32.2. The van der Waals surface area contributed by atoms with Gasteiger partial charge in [-0.05, 0) is 29.7 Å². The molecule has 0 spiro atoms. The van der Waals surface area contributed by atoms with Crippen LogP contribution < -0.4 is 4.72 Å². The van der Waals surface area contributed by atoms with E-state index in [-0.39, 0.29) is 10.7 Å². The van der Waals surface area contributed by atoms with Crippen LogP contribution in [0.25, 0.3) is 0 Å². The molecule has 0 aliphatic heterocycles. The van der Waals surface area contributed by atoms with E-state index in [9.17, 15) is 8.42 Å². The first-order valence-electron chi connectivity index (χ1n) is 8.59. The molecular formula is C20H29NO2SSi. The molecule has 1 N–H and O–H groups in total. The fourth-order valence-corrected chi connectivity index (χ4v) is 7.26. The third-order valence-electron chi connectivity index (χ3n) is 5.39. The smallest absolute Gasteiger partial charge is 0.207 e. The molecule has 0 amide bonds. The van der Waals surface area contributed by atoms with Crippen LogP contribution in [0.15, 0.2) is 59.5 Å². The van der Waals surface area contributed by atoms with Crippen molar-refractivity contribution in [3.8, 4) is 0 Å². The van der Waals surface area contributed by atoms with Crippen molar-refractivity contribution >= 4 is 18.1 Å². The lowest BCUT2D eigenvalue weighted by Crippen LogP contribution is -2.51. The summed E-state index contributed by atoms with van der Waals surface area (Å²) in [6.07, 6.45) is 0. The zero-order valence-electron chi connectivity index (χ0n) is 16.0. The molecule has 136 valence electrons. The largest absolute Gasteiger partial charge is 0.240 e. The molecule has 0 saturated carbocycles. The molecule has 0 bridgehead atoms. The molecule has 0 aliphatic carbocycles. The summed E-state index contributed by atoms with van der Waals surface area (Å²) in [4.78, 5) is 0.317. The maximum atomic E-state index is 13.0. The van der Waals surface area contributed by atoms with Gasteiger partial charge in [0, 0.05) is 5.67 Å². The summed E-state index contributed by atoms with van der Waals surface area (Å²) >= 11 is 0. The minimum atomic E-state index is -3.58. The average molecular weight is 376 g/mol. The molecule has 25 heavy (non-hydrogen) atoms. The molecule has 0 aliphatic rings. The van der Waals surface area contributed by atoms with E-state index in [0.717, 1.165) is 11.1 Å². The van der Waals surface area contributed by atoms with Crippen LogP contribution in [-0.4, -0.2) is 16.5 Å². The van der Waals surface area contributed by atoms with Gasteiger partial charge < -0.3 is 0 Å². The predicted molar refractivity (Wildman–Crippen MR) is 108 cm³/mol. The molecule has 3 nitrogen and oxygen atoms in total. The second-order valence-corrected chi connectivity index (χ2v) is 15.5. The molecule has 0 unspecified atom stereocenters. The molecule has 1 atom stereocenters. The number of rotatable bonds is 5. The monoisotopic (exact) mass is 375 g/mol. The highest BCUT2D eigenvalue weighted by molar-refractivity contribution is 7.89. The van der Waals surface area contributed by atoms with E-state index in [4.69, 9.17) is 0 Å². The van der Waals surface area contributed by atoms with Crippen LogP contribution in [0.3, 0.4) is 0 Å². The van der Waals surface area contributed by atoms with E-state index < -0.39 is 18.1 Å². The third kappa shape index (κ3) is 4.40. The standard InChI is InChI=1S/C20H29NO2SSi/c1-16-12-14-18(15-13-16)24(22,23)21-19(17-10-8-7-9-11-17)25(5,6)20(2,3)4/h7-15,19,21H,1-6H3/t19-/m1/s1. The Kier molecular flexibility index (Phi) is 5.61. The van der Waals surface area contributed by atoms with E-state index in [1.165, 1.54) is 0 Å². The van der Waals surface area contributed by atoms with Crippen LogP contribution in [0.4, 0.5) is 0 Å². The second-order valence-electron chi connectivity index (χ2n) is 8.25. The van der Waals surface area contributed by atoms with Crippen molar-refractivity contribution in [2.75, 3.05) is 0 Å². The Balaban J connectivity index is 2.49. The van der Waals surface area contributed by atoms with Crippen LogP contribution in [0.5, 0.6) is 0 Å². The van der Waals surface area contributed by atoms with Gasteiger partial charge in [0.05, 0.1) is 13.0 Å². The molecule has 0 heterocycles. The first-order valence-corrected chi connectivity index (χ1v) is 13.2. The summed E-state index contributed by atoms with van der Waals surface area (Å²) in [5.74, 6) is 0. The lowest BCUT2D eigenvalue weighted by molar-refractivity contribution is 0.573. The Morgan fingerprint density at radius 2 is 1.44 bits per heavy atom. The van der Waals surface area contributed by atoms with Gasteiger partial charge in [-0.3, -0.25) is 0 Å². The fourth-order valence-electron chi connectivity index (χ4n) is 2.65. The summed E-state index contributed by atoms with van der Waals surface area (Å²) in [6.45, 7) is 13.1. The topological polar surface area (TPSA) is 46.2 Å². The van der Waals surface area contributed by atoms with Gasteiger partial charge in [0.25, 0.3) is 0 Å². The van der Waals surface area contributed by atoms with Crippen LogP contribution >= 0.6 is 0 Å². The van der Waals surface area contributed by atoms with Gasteiger partial charge in [-0.2, -0.15) is 0 Å². The lowest BCUT2D eigenvalue weighted by atomic mass is 10.2. The van der Waals surface area contributed by atoms with Gasteiger partial charge in [-0.15, -0.1) is 0 Å². The molecular weight excluding hydrogens is 346 g/mol. The van der Waals surface area contributed by atoms with Gasteiger partial charge in [-0.25, -0.2) is 13.1 Å². The van der Waals surface area contributed by atoms with E-state index in [2.05, 4.69) is 38.6 Å². The van der Waals surface area contributed by atoms with Crippen molar-refractivity contribution in [1.82, 2.24) is 4.72 Å². The van der Waals surface area contributed by atoms with Crippen LogP contribution in [0.2, 0.25) is 18.1 Å². The SMILES string of the molecule is Cc1ccc(S(=O)(=O)N[C@@H](c2ccccc2)[Si](C)(C)C(C)(C)C)cc1. The van der Waals surface area contributed by atoms with Crippen molar-refractivity contribution in [1.29, 1.82) is 0 Å². The Labute approximate surface area is 153 Å². The van der Waals surface area contributed by atoms with Crippen molar-refractivity contribution in [2.45, 2.75) is 56.4 Å². The normalized spacial score (nSPS) is 14.3. The Morgan fingerprint density at radius 1 is 0.920 bits per heavy atom. The Morgan fingerprint density at radius 3 is 1.92 bits per heavy atom. The highest BCUT2D eigenvalue weighted by Crippen LogP contribution is 2.44. The van der Waals surface area contributed by atoms with Crippen LogP contribution in [-0.2, 0) is 10.0 Å². The van der Waals surface area contributed by atoms with Gasteiger partial charge in [0.15, 0.2) is 0 Å². The number of hydrogen-bond donors (Lipinski definition) is 1. The van der Waals surface area contributed by atoms with Crippen molar-refractivity contribution in [2.24, 2.45) is 0 Å². The van der Waals surface area contributed by atoms with Gasteiger partial charge >= 0.3 is 0 Å².